The average molecular weight is 437 g/mol. The Hall–Kier alpha value is -2.47. The largest absolute Gasteiger partial charge is 0.489 e. The average Bonchev–Trinajstić information content (AvgIpc) is 2.99. The van der Waals surface area contributed by atoms with Crippen molar-refractivity contribution in [2.75, 3.05) is 6.54 Å². The fourth-order valence-electron chi connectivity index (χ4n) is 7.07. The molecule has 170 valence electrons. The number of ketones is 1. The molecule has 32 heavy (non-hydrogen) atoms. The molecule has 0 bridgehead atoms. The summed E-state index contributed by atoms with van der Waals surface area (Å²) in [7, 11) is 0. The lowest BCUT2D eigenvalue weighted by Gasteiger charge is -2.48. The van der Waals surface area contributed by atoms with Gasteiger partial charge in [0, 0.05) is 44.0 Å². The van der Waals surface area contributed by atoms with Gasteiger partial charge in [-0.1, -0.05) is 13.0 Å². The molecule has 3 aliphatic carbocycles. The van der Waals surface area contributed by atoms with Crippen molar-refractivity contribution in [2.45, 2.75) is 70.5 Å². The van der Waals surface area contributed by atoms with Crippen molar-refractivity contribution in [3.8, 4) is 0 Å². The SMILES string of the molecule is CC(=O)OC1(C)C[C@H]2[C@@H]3OC4=C(C=C3CC[C@]2(C)[C@H]1c1cccnc1)C(=O)CC(CN)C4. The van der Waals surface area contributed by atoms with Crippen LogP contribution in [0.1, 0.15) is 64.4 Å². The lowest BCUT2D eigenvalue weighted by molar-refractivity contribution is -0.157. The quantitative estimate of drug-likeness (QED) is 0.724. The van der Waals surface area contributed by atoms with E-state index in [0.717, 1.165) is 29.7 Å². The molecular formula is C26H32N2O4. The van der Waals surface area contributed by atoms with Gasteiger partial charge in [0.05, 0.1) is 5.57 Å². The third-order valence-electron chi connectivity index (χ3n) is 8.30. The van der Waals surface area contributed by atoms with Crippen LogP contribution in [0.5, 0.6) is 0 Å². The van der Waals surface area contributed by atoms with E-state index in [9.17, 15) is 9.59 Å². The first-order chi connectivity index (χ1) is 15.2. The summed E-state index contributed by atoms with van der Waals surface area (Å²) in [5.74, 6) is 1.00. The second-order valence-electron chi connectivity index (χ2n) is 10.5. The number of fused-ring (bicyclic) bond motifs is 3. The molecule has 0 saturated heterocycles. The highest BCUT2D eigenvalue weighted by molar-refractivity contribution is 6.00. The molecule has 0 spiro atoms. The molecule has 0 aromatic carbocycles. The highest BCUT2D eigenvalue weighted by atomic mass is 16.6. The molecule has 2 N–H and O–H groups in total. The first-order valence-electron chi connectivity index (χ1n) is 11.7. The molecular weight excluding hydrogens is 404 g/mol. The van der Waals surface area contributed by atoms with Crippen molar-refractivity contribution in [1.82, 2.24) is 4.98 Å². The number of carbonyl (C=O) groups excluding carboxylic acids is 2. The normalized spacial score (nSPS) is 38.2. The number of nitrogens with two attached hydrogens (primary N) is 1. The molecule has 2 heterocycles. The van der Waals surface area contributed by atoms with Gasteiger partial charge < -0.3 is 15.2 Å². The van der Waals surface area contributed by atoms with E-state index in [-0.39, 0.29) is 41.0 Å². The minimum atomic E-state index is -0.649. The second-order valence-corrected chi connectivity index (χ2v) is 10.5. The zero-order valence-electron chi connectivity index (χ0n) is 19.1. The number of carbonyl (C=O) groups is 2. The van der Waals surface area contributed by atoms with E-state index in [0.29, 0.717) is 25.8 Å². The maximum Gasteiger partial charge on any atom is 0.303 e. The van der Waals surface area contributed by atoms with E-state index in [2.05, 4.69) is 31.0 Å². The Morgan fingerprint density at radius 3 is 2.84 bits per heavy atom. The molecule has 2 fully saturated rings. The van der Waals surface area contributed by atoms with E-state index < -0.39 is 5.60 Å². The topological polar surface area (TPSA) is 91.5 Å². The zero-order valence-corrected chi connectivity index (χ0v) is 19.1. The number of hydrogen-bond donors (Lipinski definition) is 1. The molecule has 4 aliphatic rings. The highest BCUT2D eigenvalue weighted by Crippen LogP contribution is 2.66. The van der Waals surface area contributed by atoms with Gasteiger partial charge in [-0.15, -0.1) is 0 Å². The van der Waals surface area contributed by atoms with Gasteiger partial charge in [-0.25, -0.2) is 0 Å². The predicted octanol–water partition coefficient (Wildman–Crippen LogP) is 3.82. The third kappa shape index (κ3) is 3.22. The van der Waals surface area contributed by atoms with Crippen molar-refractivity contribution >= 4 is 11.8 Å². The van der Waals surface area contributed by atoms with Crippen LogP contribution < -0.4 is 5.73 Å². The standard InChI is InChI=1S/C26H32N2O4/c1-15(29)32-26(3)12-20-23-17(11-19-21(30)9-16(13-27)10-22(19)31-23)6-7-25(20,2)24(26)18-5-4-8-28-14-18/h4-5,8,11,14,16,20,23-24H,6-7,9-10,12-13,27H2,1-3H3/t16?,20-,23+,24+,25-,26?/m0/s1. The number of aromatic nitrogens is 1. The predicted molar refractivity (Wildman–Crippen MR) is 119 cm³/mol. The lowest BCUT2D eigenvalue weighted by Crippen LogP contribution is -2.44. The zero-order chi connectivity index (χ0) is 22.7. The Labute approximate surface area is 189 Å². The summed E-state index contributed by atoms with van der Waals surface area (Å²) in [6, 6.07) is 4.04. The first kappa shape index (κ1) is 21.4. The highest BCUT2D eigenvalue weighted by Gasteiger charge is 2.64. The minimum Gasteiger partial charge on any atom is -0.489 e. The van der Waals surface area contributed by atoms with E-state index in [1.165, 1.54) is 12.5 Å². The summed E-state index contributed by atoms with van der Waals surface area (Å²) >= 11 is 0. The number of Topliss-reactive ketones (excluding diaryl/α,β-unsaturated/α-hetero) is 1. The number of allylic oxidation sites excluding steroid dienone is 3. The van der Waals surface area contributed by atoms with Gasteiger partial charge in [-0.3, -0.25) is 14.6 Å². The van der Waals surface area contributed by atoms with Gasteiger partial charge >= 0.3 is 5.97 Å². The second kappa shape index (κ2) is 7.55. The van der Waals surface area contributed by atoms with Gasteiger partial charge in [0.15, 0.2) is 5.78 Å². The molecule has 6 nitrogen and oxygen atoms in total. The van der Waals surface area contributed by atoms with Crippen LogP contribution >= 0.6 is 0 Å². The van der Waals surface area contributed by atoms with Crippen LogP contribution in [0.25, 0.3) is 0 Å². The van der Waals surface area contributed by atoms with Crippen LogP contribution in [0.15, 0.2) is 47.5 Å². The van der Waals surface area contributed by atoms with E-state index >= 15 is 0 Å². The van der Waals surface area contributed by atoms with Crippen molar-refractivity contribution < 1.29 is 19.1 Å². The maximum atomic E-state index is 12.7. The van der Waals surface area contributed by atoms with Crippen LogP contribution in [0, 0.1) is 17.3 Å². The summed E-state index contributed by atoms with van der Waals surface area (Å²) in [4.78, 5) is 29.2. The van der Waals surface area contributed by atoms with Crippen LogP contribution in [-0.2, 0) is 19.1 Å². The molecule has 6 atom stereocenters. The number of hydrogen-bond acceptors (Lipinski definition) is 6. The Morgan fingerprint density at radius 1 is 1.34 bits per heavy atom. The van der Waals surface area contributed by atoms with Crippen molar-refractivity contribution in [2.24, 2.45) is 23.0 Å². The number of rotatable bonds is 3. The van der Waals surface area contributed by atoms with Gasteiger partial charge in [0.2, 0.25) is 0 Å². The first-order valence-corrected chi connectivity index (χ1v) is 11.7. The monoisotopic (exact) mass is 436 g/mol. The molecule has 2 unspecified atom stereocenters. The van der Waals surface area contributed by atoms with Gasteiger partial charge in [0.25, 0.3) is 0 Å². The molecule has 5 rings (SSSR count). The summed E-state index contributed by atoms with van der Waals surface area (Å²) in [5.41, 5.74) is 8.15. The smallest absolute Gasteiger partial charge is 0.303 e. The van der Waals surface area contributed by atoms with Gasteiger partial charge in [0.1, 0.15) is 17.5 Å². The van der Waals surface area contributed by atoms with Crippen LogP contribution in [0.3, 0.4) is 0 Å². The molecule has 0 radical (unpaired) electrons. The summed E-state index contributed by atoms with van der Waals surface area (Å²) in [6.07, 6.45) is 9.41. The van der Waals surface area contributed by atoms with Crippen LogP contribution in [-0.4, -0.2) is 35.0 Å². The fraction of sp³-hybridized carbons (Fsp3) is 0.577. The van der Waals surface area contributed by atoms with Crippen LogP contribution in [0.2, 0.25) is 0 Å². The van der Waals surface area contributed by atoms with Crippen LogP contribution in [0.4, 0.5) is 0 Å². The number of pyridine rings is 1. The number of esters is 1. The Bertz CT molecular complexity index is 1020. The molecule has 1 aliphatic heterocycles. The summed E-state index contributed by atoms with van der Waals surface area (Å²) in [5, 5.41) is 0. The van der Waals surface area contributed by atoms with E-state index in [1.54, 1.807) is 6.20 Å². The Balaban J connectivity index is 1.54. The molecule has 1 aromatic rings. The molecule has 1 aromatic heterocycles. The molecule has 2 saturated carbocycles. The Kier molecular flexibility index (Phi) is 5.04. The van der Waals surface area contributed by atoms with Gasteiger partial charge in [-0.05, 0) is 67.3 Å². The number of ether oxygens (including phenoxy) is 2. The van der Waals surface area contributed by atoms with Crippen molar-refractivity contribution in [3.05, 3.63) is 53.1 Å². The van der Waals surface area contributed by atoms with Gasteiger partial charge in [-0.2, -0.15) is 0 Å². The minimum absolute atomic E-state index is 0.0166. The van der Waals surface area contributed by atoms with E-state index in [1.807, 2.05) is 12.3 Å². The lowest BCUT2D eigenvalue weighted by atomic mass is 9.60. The Morgan fingerprint density at radius 2 is 2.16 bits per heavy atom. The molecule has 6 heteroatoms. The van der Waals surface area contributed by atoms with E-state index in [4.69, 9.17) is 15.2 Å². The fourth-order valence-corrected chi connectivity index (χ4v) is 7.07. The van der Waals surface area contributed by atoms with Crippen molar-refractivity contribution in [3.63, 3.8) is 0 Å². The third-order valence-corrected chi connectivity index (χ3v) is 8.30. The summed E-state index contributed by atoms with van der Waals surface area (Å²) < 4.78 is 12.7. The summed E-state index contributed by atoms with van der Waals surface area (Å²) in [6.45, 7) is 6.34. The maximum absolute atomic E-state index is 12.7. The number of nitrogens with zero attached hydrogens (tertiary/aromatic N) is 1. The van der Waals surface area contributed by atoms with Crippen molar-refractivity contribution in [1.29, 1.82) is 0 Å². The molecule has 0 amide bonds.